The van der Waals surface area contributed by atoms with Gasteiger partial charge in [-0.15, -0.1) is 0 Å². The van der Waals surface area contributed by atoms with Crippen molar-refractivity contribution in [1.82, 2.24) is 0 Å². The highest BCUT2D eigenvalue weighted by Gasteiger charge is 2.51. The minimum absolute atomic E-state index is 0.00508. The molecular weight excluding hydrogens is 340 g/mol. The summed E-state index contributed by atoms with van der Waals surface area (Å²) in [4.78, 5) is 45.4. The zero-order chi connectivity index (χ0) is 19.1. The molecule has 0 aromatic heterocycles. The van der Waals surface area contributed by atoms with Gasteiger partial charge in [-0.2, -0.15) is 0 Å². The number of aliphatic hydroxyl groups is 1. The van der Waals surface area contributed by atoms with Gasteiger partial charge in [-0.25, -0.2) is 0 Å². The molecule has 25 heavy (non-hydrogen) atoms. The van der Waals surface area contributed by atoms with Gasteiger partial charge in [-0.05, 0) is 0 Å². The molecule has 10 heteroatoms. The quantitative estimate of drug-likeness (QED) is 0.484. The average molecular weight is 362 g/mol. The van der Waals surface area contributed by atoms with Crippen molar-refractivity contribution >= 4 is 23.9 Å². The summed E-state index contributed by atoms with van der Waals surface area (Å²) in [5, 5.41) is 10.1. The molecule has 1 aliphatic rings. The molecule has 5 atom stereocenters. The first kappa shape index (κ1) is 20.8. The summed E-state index contributed by atoms with van der Waals surface area (Å²) in [5.74, 6) is -2.77. The van der Waals surface area contributed by atoms with Crippen LogP contribution in [0.4, 0.5) is 0 Å². The largest absolute Gasteiger partial charge is 0.463 e. The normalized spacial score (nSPS) is 28.6. The Morgan fingerprint density at radius 1 is 0.880 bits per heavy atom. The first-order valence-corrected chi connectivity index (χ1v) is 7.66. The SMILES string of the molecule is CCC(=O)OC1[C@H](O)OC(COC(C)=O)[C@@H](OC(C)=O)[C@@H]1OC(C)=O. The Morgan fingerprint density at radius 2 is 1.44 bits per heavy atom. The van der Waals surface area contributed by atoms with Crippen LogP contribution in [0.3, 0.4) is 0 Å². The van der Waals surface area contributed by atoms with Gasteiger partial charge in [-0.1, -0.05) is 6.92 Å². The third-order valence-electron chi connectivity index (χ3n) is 3.22. The van der Waals surface area contributed by atoms with E-state index in [9.17, 15) is 24.3 Å². The summed E-state index contributed by atoms with van der Waals surface area (Å²) >= 11 is 0. The van der Waals surface area contributed by atoms with Gasteiger partial charge in [0, 0.05) is 27.2 Å². The minimum atomic E-state index is -1.67. The number of aliphatic hydroxyl groups excluding tert-OH is 1. The van der Waals surface area contributed by atoms with Crippen molar-refractivity contribution in [2.24, 2.45) is 0 Å². The van der Waals surface area contributed by atoms with E-state index in [1.54, 1.807) is 0 Å². The summed E-state index contributed by atoms with van der Waals surface area (Å²) in [6.45, 7) is 4.55. The van der Waals surface area contributed by atoms with E-state index in [4.69, 9.17) is 23.7 Å². The molecular formula is C15H22O10. The number of carbonyl (C=O) groups excluding carboxylic acids is 4. The number of rotatable bonds is 6. The molecule has 1 aliphatic heterocycles. The second kappa shape index (κ2) is 9.33. The molecule has 2 unspecified atom stereocenters. The van der Waals surface area contributed by atoms with Crippen molar-refractivity contribution in [3.63, 3.8) is 0 Å². The minimum Gasteiger partial charge on any atom is -0.463 e. The van der Waals surface area contributed by atoms with E-state index < -0.39 is 54.6 Å². The highest BCUT2D eigenvalue weighted by molar-refractivity contribution is 5.70. The fraction of sp³-hybridized carbons (Fsp3) is 0.733. The molecule has 10 nitrogen and oxygen atoms in total. The van der Waals surface area contributed by atoms with E-state index in [0.29, 0.717) is 0 Å². The van der Waals surface area contributed by atoms with Gasteiger partial charge in [0.2, 0.25) is 0 Å². The van der Waals surface area contributed by atoms with Crippen molar-refractivity contribution in [1.29, 1.82) is 0 Å². The molecule has 0 radical (unpaired) electrons. The van der Waals surface area contributed by atoms with Crippen LogP contribution in [-0.2, 0) is 42.9 Å². The number of carbonyl (C=O) groups is 4. The number of hydrogen-bond acceptors (Lipinski definition) is 10. The number of hydrogen-bond donors (Lipinski definition) is 1. The first-order chi connectivity index (χ1) is 11.6. The third kappa shape index (κ3) is 6.31. The summed E-state index contributed by atoms with van der Waals surface area (Å²) in [6.07, 6.45) is -6.78. The van der Waals surface area contributed by atoms with Gasteiger partial charge in [0.1, 0.15) is 12.7 Å². The molecule has 0 saturated carbocycles. The molecule has 0 aliphatic carbocycles. The Bertz CT molecular complexity index is 516. The van der Waals surface area contributed by atoms with Crippen LogP contribution < -0.4 is 0 Å². The molecule has 142 valence electrons. The highest BCUT2D eigenvalue weighted by Crippen LogP contribution is 2.28. The molecule has 0 aromatic rings. The van der Waals surface area contributed by atoms with Crippen molar-refractivity contribution in [3.8, 4) is 0 Å². The standard InChI is InChI=1S/C15H22O10/c1-5-11(19)25-14-13(23-9(4)18)12(22-8(3)17)10(24-15(14)20)6-21-7(2)16/h10,12-15,20H,5-6H2,1-4H3/t10?,12-,13+,14?,15-/m1/s1. The summed E-state index contributed by atoms with van der Waals surface area (Å²) in [7, 11) is 0. The second-order valence-corrected chi connectivity index (χ2v) is 5.32. The summed E-state index contributed by atoms with van der Waals surface area (Å²) in [6, 6.07) is 0. The molecule has 0 spiro atoms. The molecule has 1 N–H and O–H groups in total. The monoisotopic (exact) mass is 362 g/mol. The maximum Gasteiger partial charge on any atom is 0.306 e. The Labute approximate surface area is 144 Å². The van der Waals surface area contributed by atoms with Crippen LogP contribution in [0.25, 0.3) is 0 Å². The van der Waals surface area contributed by atoms with Crippen molar-refractivity contribution in [3.05, 3.63) is 0 Å². The van der Waals surface area contributed by atoms with Crippen molar-refractivity contribution in [2.75, 3.05) is 6.61 Å². The first-order valence-electron chi connectivity index (χ1n) is 7.66. The lowest BCUT2D eigenvalue weighted by Crippen LogP contribution is -2.62. The van der Waals surface area contributed by atoms with Gasteiger partial charge in [0.15, 0.2) is 24.6 Å². The molecule has 0 amide bonds. The van der Waals surface area contributed by atoms with E-state index in [-0.39, 0.29) is 13.0 Å². The van der Waals surface area contributed by atoms with Gasteiger partial charge in [0.25, 0.3) is 0 Å². The van der Waals surface area contributed by atoms with Gasteiger partial charge < -0.3 is 28.8 Å². The number of ether oxygens (including phenoxy) is 5. The topological polar surface area (TPSA) is 135 Å². The number of esters is 4. The molecule has 0 aromatic carbocycles. The van der Waals surface area contributed by atoms with Crippen LogP contribution in [0, 0.1) is 0 Å². The van der Waals surface area contributed by atoms with Crippen LogP contribution >= 0.6 is 0 Å². The smallest absolute Gasteiger partial charge is 0.306 e. The molecule has 1 fully saturated rings. The van der Waals surface area contributed by atoms with Crippen LogP contribution in [0.1, 0.15) is 34.1 Å². The van der Waals surface area contributed by atoms with Crippen molar-refractivity contribution in [2.45, 2.75) is 64.8 Å². The predicted octanol–water partition coefficient (Wildman–Crippen LogP) is -0.548. The van der Waals surface area contributed by atoms with Crippen LogP contribution in [-0.4, -0.2) is 66.3 Å². The van der Waals surface area contributed by atoms with E-state index in [1.165, 1.54) is 6.92 Å². The van der Waals surface area contributed by atoms with Gasteiger partial charge >= 0.3 is 23.9 Å². The average Bonchev–Trinajstić information content (AvgIpc) is 2.50. The maximum atomic E-state index is 11.6. The fourth-order valence-electron chi connectivity index (χ4n) is 2.25. The zero-order valence-electron chi connectivity index (χ0n) is 14.4. The Hall–Kier alpha value is -2.20. The van der Waals surface area contributed by atoms with Crippen molar-refractivity contribution < 1.29 is 48.0 Å². The van der Waals surface area contributed by atoms with Crippen LogP contribution in [0.5, 0.6) is 0 Å². The van der Waals surface area contributed by atoms with E-state index in [1.807, 2.05) is 0 Å². The van der Waals surface area contributed by atoms with E-state index in [0.717, 1.165) is 20.8 Å². The highest BCUT2D eigenvalue weighted by atomic mass is 16.7. The second-order valence-electron chi connectivity index (χ2n) is 5.32. The Morgan fingerprint density at radius 3 is 1.92 bits per heavy atom. The summed E-state index contributed by atoms with van der Waals surface area (Å²) < 4.78 is 25.3. The zero-order valence-corrected chi connectivity index (χ0v) is 14.4. The molecule has 0 bridgehead atoms. The fourth-order valence-corrected chi connectivity index (χ4v) is 2.25. The molecule has 1 rings (SSSR count). The Balaban J connectivity index is 3.12. The van der Waals surface area contributed by atoms with Crippen LogP contribution in [0.15, 0.2) is 0 Å². The van der Waals surface area contributed by atoms with E-state index >= 15 is 0 Å². The maximum absolute atomic E-state index is 11.6. The van der Waals surface area contributed by atoms with Gasteiger partial charge in [0.05, 0.1) is 0 Å². The van der Waals surface area contributed by atoms with Crippen LogP contribution in [0.2, 0.25) is 0 Å². The third-order valence-corrected chi connectivity index (χ3v) is 3.22. The lowest BCUT2D eigenvalue weighted by atomic mass is 9.98. The predicted molar refractivity (Wildman–Crippen MR) is 78.8 cm³/mol. The van der Waals surface area contributed by atoms with Gasteiger partial charge in [-0.3, -0.25) is 19.2 Å². The lowest BCUT2D eigenvalue weighted by Gasteiger charge is -2.42. The molecule has 1 saturated heterocycles. The lowest BCUT2D eigenvalue weighted by molar-refractivity contribution is -0.296. The van der Waals surface area contributed by atoms with E-state index in [2.05, 4.69) is 0 Å². The summed E-state index contributed by atoms with van der Waals surface area (Å²) in [5.41, 5.74) is 0. The molecule has 1 heterocycles. The Kier molecular flexibility index (Phi) is 7.78.